The predicted molar refractivity (Wildman–Crippen MR) is 125 cm³/mol. The van der Waals surface area contributed by atoms with Gasteiger partial charge < -0.3 is 24.5 Å². The van der Waals surface area contributed by atoms with Crippen molar-refractivity contribution in [2.24, 2.45) is 0 Å². The number of hydrogen-bond donors (Lipinski definition) is 2. The number of carbonyl (C=O) groups is 2. The van der Waals surface area contributed by atoms with E-state index in [0.717, 1.165) is 5.56 Å². The van der Waals surface area contributed by atoms with Gasteiger partial charge in [-0.1, -0.05) is 36.4 Å². The topological polar surface area (TPSA) is 89.8 Å². The summed E-state index contributed by atoms with van der Waals surface area (Å²) in [5.74, 6) is 0.380. The van der Waals surface area contributed by atoms with Crippen molar-refractivity contribution in [2.45, 2.75) is 6.61 Å². The summed E-state index contributed by atoms with van der Waals surface area (Å²) < 4.78 is 16.2. The van der Waals surface area contributed by atoms with Crippen molar-refractivity contribution in [3.63, 3.8) is 0 Å². The zero-order valence-electron chi connectivity index (χ0n) is 17.9. The highest BCUT2D eigenvalue weighted by atomic mass is 16.5. The van der Waals surface area contributed by atoms with Gasteiger partial charge in [-0.2, -0.15) is 0 Å². The average molecular weight is 442 g/mol. The Morgan fingerprint density at radius 1 is 0.788 bits per heavy atom. The molecule has 166 valence electrons. The number of amides is 2. The van der Waals surface area contributed by atoms with Gasteiger partial charge >= 0.3 is 0 Å². The molecule has 0 saturated heterocycles. The lowest BCUT2D eigenvalue weighted by atomic mass is 10.1. The number of carbonyl (C=O) groups excluding carboxylic acids is 2. The van der Waals surface area contributed by atoms with Crippen molar-refractivity contribution in [1.82, 2.24) is 0 Å². The third-order valence-electron chi connectivity index (χ3n) is 4.82. The SMILES string of the molecule is COc1cc(C(=O)Nc2cccc(NC(=O)c3ccoc3)c2)ccc1OCc1ccccc1. The number of rotatable bonds is 8. The van der Waals surface area contributed by atoms with Crippen LogP contribution in [0.25, 0.3) is 0 Å². The monoisotopic (exact) mass is 442 g/mol. The van der Waals surface area contributed by atoms with Crippen LogP contribution in [-0.4, -0.2) is 18.9 Å². The molecule has 0 radical (unpaired) electrons. The van der Waals surface area contributed by atoms with Crippen molar-refractivity contribution in [1.29, 1.82) is 0 Å². The molecule has 0 aliphatic carbocycles. The molecule has 7 heteroatoms. The van der Waals surface area contributed by atoms with E-state index in [9.17, 15) is 9.59 Å². The first-order valence-corrected chi connectivity index (χ1v) is 10.2. The van der Waals surface area contributed by atoms with Crippen LogP contribution in [0.1, 0.15) is 26.3 Å². The van der Waals surface area contributed by atoms with Crippen LogP contribution in [0.2, 0.25) is 0 Å². The van der Waals surface area contributed by atoms with Crippen LogP contribution in [0.15, 0.2) is 95.8 Å². The first-order chi connectivity index (χ1) is 16.1. The predicted octanol–water partition coefficient (Wildman–Crippen LogP) is 5.37. The first-order valence-electron chi connectivity index (χ1n) is 10.2. The molecule has 1 heterocycles. The summed E-state index contributed by atoms with van der Waals surface area (Å²) in [6.07, 6.45) is 2.79. The normalized spacial score (nSPS) is 10.3. The Hall–Kier alpha value is -4.52. The number of methoxy groups -OCH3 is 1. The van der Waals surface area contributed by atoms with E-state index in [0.29, 0.717) is 40.6 Å². The highest BCUT2D eigenvalue weighted by molar-refractivity contribution is 6.06. The summed E-state index contributed by atoms with van der Waals surface area (Å²) >= 11 is 0. The molecule has 2 amide bonds. The van der Waals surface area contributed by atoms with Gasteiger partial charge in [0.1, 0.15) is 12.9 Å². The van der Waals surface area contributed by atoms with Gasteiger partial charge in [-0.25, -0.2) is 0 Å². The molecule has 7 nitrogen and oxygen atoms in total. The quantitative estimate of drug-likeness (QED) is 0.383. The maximum absolute atomic E-state index is 12.8. The first kappa shape index (κ1) is 21.7. The van der Waals surface area contributed by atoms with E-state index in [1.165, 1.54) is 19.6 Å². The van der Waals surface area contributed by atoms with E-state index in [-0.39, 0.29) is 11.8 Å². The third-order valence-corrected chi connectivity index (χ3v) is 4.82. The molecule has 0 saturated carbocycles. The summed E-state index contributed by atoms with van der Waals surface area (Å²) in [6, 6.07) is 23.2. The van der Waals surface area contributed by atoms with E-state index in [1.54, 1.807) is 48.5 Å². The van der Waals surface area contributed by atoms with Crippen LogP contribution in [0.4, 0.5) is 11.4 Å². The highest BCUT2D eigenvalue weighted by Gasteiger charge is 2.13. The summed E-state index contributed by atoms with van der Waals surface area (Å²) in [4.78, 5) is 25.0. The molecule has 0 aliphatic heterocycles. The molecule has 33 heavy (non-hydrogen) atoms. The van der Waals surface area contributed by atoms with Gasteiger partial charge in [0.05, 0.1) is 18.9 Å². The van der Waals surface area contributed by atoms with Gasteiger partial charge in [0.25, 0.3) is 11.8 Å². The molecule has 0 bridgehead atoms. The fourth-order valence-corrected chi connectivity index (χ4v) is 3.14. The fourth-order valence-electron chi connectivity index (χ4n) is 3.14. The minimum absolute atomic E-state index is 0.303. The number of anilines is 2. The van der Waals surface area contributed by atoms with Gasteiger partial charge in [-0.05, 0) is 48.0 Å². The van der Waals surface area contributed by atoms with Crippen LogP contribution in [0.5, 0.6) is 11.5 Å². The van der Waals surface area contributed by atoms with E-state index in [1.807, 2.05) is 30.3 Å². The Morgan fingerprint density at radius 2 is 1.52 bits per heavy atom. The second kappa shape index (κ2) is 10.2. The molecule has 2 N–H and O–H groups in total. The summed E-state index contributed by atoms with van der Waals surface area (Å²) in [7, 11) is 1.53. The number of benzene rings is 3. The zero-order valence-corrected chi connectivity index (χ0v) is 17.9. The second-order valence-corrected chi connectivity index (χ2v) is 7.14. The molecule has 0 unspecified atom stereocenters. The Kier molecular flexibility index (Phi) is 6.70. The lowest BCUT2D eigenvalue weighted by Crippen LogP contribution is -2.14. The number of ether oxygens (including phenoxy) is 2. The van der Waals surface area contributed by atoms with Gasteiger partial charge in [0.2, 0.25) is 0 Å². The van der Waals surface area contributed by atoms with Crippen molar-refractivity contribution >= 4 is 23.2 Å². The lowest BCUT2D eigenvalue weighted by molar-refractivity contribution is 0.101. The van der Waals surface area contributed by atoms with E-state index < -0.39 is 0 Å². The van der Waals surface area contributed by atoms with E-state index in [2.05, 4.69) is 10.6 Å². The van der Waals surface area contributed by atoms with Crippen LogP contribution >= 0.6 is 0 Å². The molecule has 0 fully saturated rings. The van der Waals surface area contributed by atoms with E-state index >= 15 is 0 Å². The molecular weight excluding hydrogens is 420 g/mol. The molecule has 0 spiro atoms. The number of furan rings is 1. The van der Waals surface area contributed by atoms with Crippen LogP contribution in [0.3, 0.4) is 0 Å². The maximum atomic E-state index is 12.8. The minimum Gasteiger partial charge on any atom is -0.493 e. The average Bonchev–Trinajstić information content (AvgIpc) is 3.39. The Bertz CT molecular complexity index is 1240. The fraction of sp³-hybridized carbons (Fsp3) is 0.0769. The Labute approximate surface area is 191 Å². The highest BCUT2D eigenvalue weighted by Crippen LogP contribution is 2.29. The van der Waals surface area contributed by atoms with Crippen molar-refractivity contribution in [3.8, 4) is 11.5 Å². The third kappa shape index (κ3) is 5.59. The van der Waals surface area contributed by atoms with Gasteiger partial charge in [0, 0.05) is 16.9 Å². The van der Waals surface area contributed by atoms with Crippen LogP contribution in [-0.2, 0) is 6.61 Å². The van der Waals surface area contributed by atoms with Gasteiger partial charge in [-0.3, -0.25) is 9.59 Å². The Balaban J connectivity index is 1.42. The Morgan fingerprint density at radius 3 is 2.18 bits per heavy atom. The van der Waals surface area contributed by atoms with Crippen molar-refractivity contribution in [2.75, 3.05) is 17.7 Å². The summed E-state index contributed by atoms with van der Waals surface area (Å²) in [5, 5.41) is 5.59. The van der Waals surface area contributed by atoms with E-state index in [4.69, 9.17) is 13.9 Å². The van der Waals surface area contributed by atoms with Crippen LogP contribution < -0.4 is 20.1 Å². The van der Waals surface area contributed by atoms with Crippen molar-refractivity contribution in [3.05, 3.63) is 108 Å². The standard InChI is InChI=1S/C26H22N2O5/c1-31-24-14-19(10-11-23(24)33-16-18-6-3-2-4-7-18)25(29)27-21-8-5-9-22(15-21)28-26(30)20-12-13-32-17-20/h2-15,17H,16H2,1H3,(H,27,29)(H,28,30). The molecular formula is C26H22N2O5. The van der Waals surface area contributed by atoms with Gasteiger partial charge in [-0.15, -0.1) is 0 Å². The van der Waals surface area contributed by atoms with Crippen molar-refractivity contribution < 1.29 is 23.5 Å². The summed E-state index contributed by atoms with van der Waals surface area (Å²) in [6.45, 7) is 0.389. The maximum Gasteiger partial charge on any atom is 0.258 e. The van der Waals surface area contributed by atoms with Gasteiger partial charge in [0.15, 0.2) is 11.5 Å². The molecule has 1 aromatic heterocycles. The van der Waals surface area contributed by atoms with Crippen LogP contribution in [0, 0.1) is 0 Å². The molecule has 3 aromatic carbocycles. The number of hydrogen-bond acceptors (Lipinski definition) is 5. The molecule has 0 atom stereocenters. The smallest absolute Gasteiger partial charge is 0.258 e. The minimum atomic E-state index is -0.318. The molecule has 4 rings (SSSR count). The second-order valence-electron chi connectivity index (χ2n) is 7.14. The summed E-state index contributed by atoms with van der Waals surface area (Å²) in [5.41, 5.74) is 2.92. The number of nitrogens with one attached hydrogen (secondary N) is 2. The molecule has 0 aliphatic rings. The molecule has 4 aromatic rings. The largest absolute Gasteiger partial charge is 0.493 e. The lowest BCUT2D eigenvalue weighted by Gasteiger charge is -2.13. The zero-order chi connectivity index (χ0) is 23.0.